The summed E-state index contributed by atoms with van der Waals surface area (Å²) in [7, 11) is 0. The zero-order valence-electron chi connectivity index (χ0n) is 16.4. The van der Waals surface area contributed by atoms with Crippen molar-refractivity contribution in [1.29, 1.82) is 0 Å². The van der Waals surface area contributed by atoms with Gasteiger partial charge in [-0.05, 0) is 72.6 Å². The van der Waals surface area contributed by atoms with Gasteiger partial charge in [-0.1, -0.05) is 23.7 Å². The van der Waals surface area contributed by atoms with E-state index in [1.807, 2.05) is 13.8 Å². The van der Waals surface area contributed by atoms with Crippen LogP contribution in [0.5, 0.6) is 5.75 Å². The van der Waals surface area contributed by atoms with Gasteiger partial charge in [0.15, 0.2) is 6.61 Å². The first-order valence-corrected chi connectivity index (χ1v) is 10.3. The summed E-state index contributed by atoms with van der Waals surface area (Å²) in [4.78, 5) is 26.8. The van der Waals surface area contributed by atoms with Gasteiger partial charge in [0.1, 0.15) is 17.6 Å². The maximum Gasteiger partial charge on any atom is 0.261 e. The fourth-order valence-electron chi connectivity index (χ4n) is 2.59. The van der Waals surface area contributed by atoms with Crippen LogP contribution in [0, 0.1) is 5.82 Å². The van der Waals surface area contributed by atoms with E-state index in [0.717, 1.165) is 0 Å². The number of rotatable bonds is 8. The molecule has 0 aliphatic rings. The fraction of sp³-hybridized carbons (Fsp3) is 0.333. The first-order chi connectivity index (χ1) is 13.7. The summed E-state index contributed by atoms with van der Waals surface area (Å²) in [6, 6.07) is 9.98. The minimum atomic E-state index is -0.729. The number of ether oxygens (including phenoxy) is 1. The highest BCUT2D eigenvalue weighted by atomic mass is 79.9. The summed E-state index contributed by atoms with van der Waals surface area (Å²) in [5.74, 6) is -0.553. The Hall–Kier alpha value is -2.12. The van der Waals surface area contributed by atoms with E-state index < -0.39 is 6.04 Å². The maximum absolute atomic E-state index is 13.2. The number of hydrogen-bond donors (Lipinski definition) is 1. The Labute approximate surface area is 183 Å². The maximum atomic E-state index is 13.2. The Morgan fingerprint density at radius 3 is 2.41 bits per heavy atom. The number of nitrogens with zero attached hydrogens (tertiary/aromatic N) is 1. The van der Waals surface area contributed by atoms with E-state index in [4.69, 9.17) is 16.3 Å². The molecule has 0 aliphatic heterocycles. The second-order valence-electron chi connectivity index (χ2n) is 6.85. The Balaban J connectivity index is 2.16. The van der Waals surface area contributed by atoms with Crippen LogP contribution >= 0.6 is 27.5 Å². The molecular weight excluding hydrogens is 463 g/mol. The van der Waals surface area contributed by atoms with Gasteiger partial charge in [0, 0.05) is 17.6 Å². The van der Waals surface area contributed by atoms with E-state index in [2.05, 4.69) is 21.2 Å². The van der Waals surface area contributed by atoms with Crippen LogP contribution in [0.3, 0.4) is 0 Å². The van der Waals surface area contributed by atoms with Crippen LogP contribution < -0.4 is 10.1 Å². The minimum absolute atomic E-state index is 0.0611. The molecular formula is C21H23BrClFN2O3. The lowest BCUT2D eigenvalue weighted by molar-refractivity contribution is -0.142. The third-order valence-electron chi connectivity index (χ3n) is 4.11. The summed E-state index contributed by atoms with van der Waals surface area (Å²) in [6.07, 6.45) is 0. The molecule has 156 valence electrons. The third kappa shape index (κ3) is 7.01. The van der Waals surface area contributed by atoms with Gasteiger partial charge in [-0.3, -0.25) is 9.59 Å². The smallest absolute Gasteiger partial charge is 0.261 e. The van der Waals surface area contributed by atoms with Crippen LogP contribution in [0.15, 0.2) is 46.9 Å². The van der Waals surface area contributed by atoms with Crippen LogP contribution in [0.4, 0.5) is 4.39 Å². The summed E-state index contributed by atoms with van der Waals surface area (Å²) in [6.45, 7) is 5.23. The van der Waals surface area contributed by atoms with E-state index >= 15 is 0 Å². The molecule has 0 aromatic heterocycles. The molecule has 0 heterocycles. The standard InChI is InChI=1S/C21H23BrClFN2O3/c1-13(2)25-21(28)14(3)26(11-15-4-7-17(24)8-5-15)20(27)12-29-19-9-6-16(23)10-18(19)22/h4-10,13-14H,11-12H2,1-3H3,(H,25,28). The predicted molar refractivity (Wildman–Crippen MR) is 114 cm³/mol. The molecule has 1 N–H and O–H groups in total. The number of benzene rings is 2. The van der Waals surface area contributed by atoms with Crippen molar-refractivity contribution >= 4 is 39.3 Å². The van der Waals surface area contributed by atoms with Crippen molar-refractivity contribution in [3.63, 3.8) is 0 Å². The number of nitrogens with one attached hydrogen (secondary N) is 1. The summed E-state index contributed by atoms with van der Waals surface area (Å²) in [5.41, 5.74) is 0.705. The van der Waals surface area contributed by atoms with Gasteiger partial charge in [0.2, 0.25) is 5.91 Å². The normalized spacial score (nSPS) is 11.8. The van der Waals surface area contributed by atoms with Crippen LogP contribution in [-0.2, 0) is 16.1 Å². The second kappa shape index (κ2) is 10.6. The number of hydrogen-bond acceptors (Lipinski definition) is 3. The summed E-state index contributed by atoms with van der Waals surface area (Å²) >= 11 is 9.26. The molecule has 0 spiro atoms. The van der Waals surface area contributed by atoms with Crippen molar-refractivity contribution in [1.82, 2.24) is 10.2 Å². The Bertz CT molecular complexity index is 862. The molecule has 1 atom stereocenters. The molecule has 0 saturated carbocycles. The van der Waals surface area contributed by atoms with Crippen LogP contribution in [0.2, 0.25) is 5.02 Å². The molecule has 5 nitrogen and oxygen atoms in total. The van der Waals surface area contributed by atoms with Gasteiger partial charge in [0.05, 0.1) is 4.47 Å². The Morgan fingerprint density at radius 1 is 1.17 bits per heavy atom. The lowest BCUT2D eigenvalue weighted by Crippen LogP contribution is -2.50. The zero-order valence-corrected chi connectivity index (χ0v) is 18.8. The minimum Gasteiger partial charge on any atom is -0.483 e. The van der Waals surface area contributed by atoms with Crippen molar-refractivity contribution in [2.45, 2.75) is 39.4 Å². The number of carbonyl (C=O) groups excluding carboxylic acids is 2. The highest BCUT2D eigenvalue weighted by Crippen LogP contribution is 2.28. The molecule has 2 aromatic carbocycles. The van der Waals surface area contributed by atoms with Crippen LogP contribution in [-0.4, -0.2) is 35.4 Å². The van der Waals surface area contributed by atoms with Gasteiger partial charge < -0.3 is 15.0 Å². The van der Waals surface area contributed by atoms with Crippen LogP contribution in [0.25, 0.3) is 0 Å². The highest BCUT2D eigenvalue weighted by molar-refractivity contribution is 9.10. The van der Waals surface area contributed by atoms with Crippen molar-refractivity contribution in [3.05, 3.63) is 63.3 Å². The van der Waals surface area contributed by atoms with Crippen molar-refractivity contribution < 1.29 is 18.7 Å². The topological polar surface area (TPSA) is 58.6 Å². The van der Waals surface area contributed by atoms with Crippen molar-refractivity contribution in [2.24, 2.45) is 0 Å². The molecule has 2 aromatic rings. The van der Waals surface area contributed by atoms with Crippen LogP contribution in [0.1, 0.15) is 26.3 Å². The Kier molecular flexibility index (Phi) is 8.46. The molecule has 0 aliphatic carbocycles. The SMILES string of the molecule is CC(C)NC(=O)C(C)N(Cc1ccc(F)cc1)C(=O)COc1ccc(Cl)cc1Br. The molecule has 1 unspecified atom stereocenters. The molecule has 0 radical (unpaired) electrons. The molecule has 0 fully saturated rings. The second-order valence-corrected chi connectivity index (χ2v) is 8.14. The summed E-state index contributed by atoms with van der Waals surface area (Å²) < 4.78 is 19.4. The van der Waals surface area contributed by atoms with Gasteiger partial charge in [-0.25, -0.2) is 4.39 Å². The number of halogens is 3. The molecule has 8 heteroatoms. The molecule has 2 rings (SSSR count). The summed E-state index contributed by atoms with van der Waals surface area (Å²) in [5, 5.41) is 3.34. The van der Waals surface area contributed by atoms with Crippen molar-refractivity contribution in [3.8, 4) is 5.75 Å². The molecule has 29 heavy (non-hydrogen) atoms. The van der Waals surface area contributed by atoms with Gasteiger partial charge in [-0.15, -0.1) is 0 Å². The quantitative estimate of drug-likeness (QED) is 0.596. The monoisotopic (exact) mass is 484 g/mol. The zero-order chi connectivity index (χ0) is 21.6. The highest BCUT2D eigenvalue weighted by Gasteiger charge is 2.27. The molecule has 0 saturated heterocycles. The molecule has 2 amide bonds. The average Bonchev–Trinajstić information content (AvgIpc) is 2.65. The fourth-order valence-corrected chi connectivity index (χ4v) is 3.39. The molecule has 0 bridgehead atoms. The average molecular weight is 486 g/mol. The largest absolute Gasteiger partial charge is 0.483 e. The van der Waals surface area contributed by atoms with Gasteiger partial charge in [-0.2, -0.15) is 0 Å². The van der Waals surface area contributed by atoms with E-state index in [1.54, 1.807) is 37.3 Å². The lowest BCUT2D eigenvalue weighted by Gasteiger charge is -2.29. The number of carbonyl (C=O) groups is 2. The lowest BCUT2D eigenvalue weighted by atomic mass is 10.1. The van der Waals surface area contributed by atoms with Gasteiger partial charge in [0.25, 0.3) is 5.91 Å². The van der Waals surface area contributed by atoms with Crippen molar-refractivity contribution in [2.75, 3.05) is 6.61 Å². The number of amides is 2. The van der Waals surface area contributed by atoms with E-state index in [-0.39, 0.29) is 36.8 Å². The van der Waals surface area contributed by atoms with Gasteiger partial charge >= 0.3 is 0 Å². The Morgan fingerprint density at radius 2 is 1.83 bits per heavy atom. The third-order valence-corrected chi connectivity index (χ3v) is 4.96. The first-order valence-electron chi connectivity index (χ1n) is 9.09. The van der Waals surface area contributed by atoms with E-state index in [9.17, 15) is 14.0 Å². The van der Waals surface area contributed by atoms with E-state index in [0.29, 0.717) is 20.8 Å². The predicted octanol–water partition coefficient (Wildman–Crippen LogP) is 4.56. The van der Waals surface area contributed by atoms with E-state index in [1.165, 1.54) is 17.0 Å². The first kappa shape index (κ1) is 23.2.